The van der Waals surface area contributed by atoms with E-state index in [1.165, 1.54) is 12.4 Å². The van der Waals surface area contributed by atoms with Crippen LogP contribution in [-0.2, 0) is 14.2 Å². The third-order valence-corrected chi connectivity index (χ3v) is 6.89. The van der Waals surface area contributed by atoms with Crippen LogP contribution < -0.4 is 5.32 Å². The first-order chi connectivity index (χ1) is 17.4. The number of nitrogens with zero attached hydrogens (tertiary/aromatic N) is 4. The number of halogens is 2. The lowest BCUT2D eigenvalue weighted by molar-refractivity contribution is -0.190. The summed E-state index contributed by atoms with van der Waals surface area (Å²) >= 11 is 0. The molecule has 2 saturated heterocycles. The highest BCUT2D eigenvalue weighted by atomic mass is 19.1. The molecule has 0 bridgehead atoms. The molecule has 1 N–H and O–H groups in total. The third-order valence-electron chi connectivity index (χ3n) is 6.89. The molecule has 3 aliphatic rings. The number of fused-ring (bicyclic) bond motifs is 2. The maximum atomic E-state index is 14.4. The Labute approximate surface area is 207 Å². The topological polar surface area (TPSA) is 83.3 Å². The Morgan fingerprint density at radius 2 is 1.89 bits per heavy atom. The lowest BCUT2D eigenvalue weighted by Gasteiger charge is -2.27. The average Bonchev–Trinajstić information content (AvgIpc) is 3.51. The molecule has 0 amide bonds. The smallest absolute Gasteiger partial charge is 0.167 e. The molecule has 2 unspecified atom stereocenters. The molecule has 1 saturated carbocycles. The van der Waals surface area contributed by atoms with Gasteiger partial charge in [-0.3, -0.25) is 4.57 Å². The van der Waals surface area contributed by atoms with Crippen LogP contribution in [0.4, 0.5) is 14.6 Å². The molecule has 1 aliphatic carbocycles. The monoisotopic (exact) mass is 495 g/mol. The lowest BCUT2D eigenvalue weighted by atomic mass is 9.93. The van der Waals surface area contributed by atoms with E-state index in [1.807, 2.05) is 13.8 Å². The number of alkyl halides is 1. The zero-order valence-corrected chi connectivity index (χ0v) is 20.0. The van der Waals surface area contributed by atoms with E-state index in [2.05, 4.69) is 32.1 Å². The van der Waals surface area contributed by atoms with Gasteiger partial charge in [0.25, 0.3) is 0 Å². The summed E-state index contributed by atoms with van der Waals surface area (Å²) in [6, 6.07) is 6.02. The van der Waals surface area contributed by atoms with E-state index < -0.39 is 42.3 Å². The van der Waals surface area contributed by atoms with Crippen LogP contribution in [0, 0.1) is 17.7 Å². The predicted octanol–water partition coefficient (Wildman–Crippen LogP) is 4.13. The number of hydrogen-bond donors (Lipinski definition) is 1. The molecule has 6 atom stereocenters. The highest BCUT2D eigenvalue weighted by molar-refractivity contribution is 5.82. The SMILES string of the molecule is CC1(C)O[C@@H]2[C@H](O1)[C@@H](C#Cc1ccccc1F)O[C@H]2n1cnc2c(NC3CCCCC3F)ncnc21. The molecule has 0 spiro atoms. The number of benzene rings is 1. The first-order valence-corrected chi connectivity index (χ1v) is 12.2. The minimum atomic E-state index is -0.926. The van der Waals surface area contributed by atoms with Gasteiger partial charge < -0.3 is 19.5 Å². The maximum Gasteiger partial charge on any atom is 0.167 e. The van der Waals surface area contributed by atoms with Crippen molar-refractivity contribution in [3.63, 3.8) is 0 Å². The van der Waals surface area contributed by atoms with E-state index >= 15 is 0 Å². The van der Waals surface area contributed by atoms with Crippen LogP contribution in [-0.4, -0.2) is 55.8 Å². The summed E-state index contributed by atoms with van der Waals surface area (Å²) < 4.78 is 48.9. The van der Waals surface area contributed by atoms with Gasteiger partial charge in [0.1, 0.15) is 36.6 Å². The van der Waals surface area contributed by atoms with Crippen LogP contribution in [0.5, 0.6) is 0 Å². The van der Waals surface area contributed by atoms with Crippen molar-refractivity contribution in [3.05, 3.63) is 48.3 Å². The van der Waals surface area contributed by atoms with Gasteiger partial charge in [0, 0.05) is 0 Å². The van der Waals surface area contributed by atoms with E-state index in [0.29, 0.717) is 23.4 Å². The molecule has 1 aromatic carbocycles. The Hall–Kier alpha value is -3.13. The zero-order valence-electron chi connectivity index (χ0n) is 20.0. The molecule has 6 rings (SSSR count). The van der Waals surface area contributed by atoms with Gasteiger partial charge in [-0.2, -0.15) is 0 Å². The quantitative estimate of drug-likeness (QED) is 0.547. The number of anilines is 1. The number of ether oxygens (including phenoxy) is 3. The fraction of sp³-hybridized carbons (Fsp3) is 0.500. The van der Waals surface area contributed by atoms with Crippen LogP contribution >= 0.6 is 0 Å². The third kappa shape index (κ3) is 4.21. The second-order valence-electron chi connectivity index (χ2n) is 9.86. The predicted molar refractivity (Wildman–Crippen MR) is 127 cm³/mol. The number of nitrogens with one attached hydrogen (secondary N) is 1. The summed E-state index contributed by atoms with van der Waals surface area (Å²) in [6.07, 6.45) is 3.00. The van der Waals surface area contributed by atoms with E-state index in [-0.39, 0.29) is 11.6 Å². The maximum absolute atomic E-state index is 14.4. The molecule has 10 heteroatoms. The second-order valence-corrected chi connectivity index (χ2v) is 9.86. The van der Waals surface area contributed by atoms with E-state index in [1.54, 1.807) is 29.1 Å². The van der Waals surface area contributed by atoms with Gasteiger partial charge in [0.15, 0.2) is 29.0 Å². The molecule has 8 nitrogen and oxygen atoms in total. The fourth-order valence-electron chi connectivity index (χ4n) is 5.20. The van der Waals surface area contributed by atoms with Crippen molar-refractivity contribution < 1.29 is 23.0 Å². The van der Waals surface area contributed by atoms with Crippen LogP contribution in [0.15, 0.2) is 36.9 Å². The van der Waals surface area contributed by atoms with Crippen molar-refractivity contribution in [2.24, 2.45) is 0 Å². The minimum Gasteiger partial charge on any atom is -0.362 e. The summed E-state index contributed by atoms with van der Waals surface area (Å²) in [5, 5.41) is 3.23. The molecule has 36 heavy (non-hydrogen) atoms. The van der Waals surface area contributed by atoms with E-state index in [4.69, 9.17) is 14.2 Å². The van der Waals surface area contributed by atoms with Gasteiger partial charge in [0.2, 0.25) is 0 Å². The van der Waals surface area contributed by atoms with Crippen LogP contribution in [0.1, 0.15) is 51.3 Å². The number of imidazole rings is 1. The Balaban J connectivity index is 1.31. The van der Waals surface area contributed by atoms with Crippen LogP contribution in [0.2, 0.25) is 0 Å². The molecular weight excluding hydrogens is 468 g/mol. The average molecular weight is 496 g/mol. The Bertz CT molecular complexity index is 1340. The largest absolute Gasteiger partial charge is 0.362 e. The van der Waals surface area contributed by atoms with Gasteiger partial charge in [-0.05, 0) is 38.8 Å². The normalized spacial score (nSPS) is 31.1. The Morgan fingerprint density at radius 3 is 2.72 bits per heavy atom. The summed E-state index contributed by atoms with van der Waals surface area (Å²) in [7, 11) is 0. The van der Waals surface area contributed by atoms with Crippen molar-refractivity contribution >= 4 is 17.0 Å². The van der Waals surface area contributed by atoms with E-state index in [9.17, 15) is 8.78 Å². The second kappa shape index (κ2) is 9.07. The summed E-state index contributed by atoms with van der Waals surface area (Å²) in [5.74, 6) is 5.14. The minimum absolute atomic E-state index is 0.282. The molecular formula is C26H27F2N5O3. The van der Waals surface area contributed by atoms with Gasteiger partial charge >= 0.3 is 0 Å². The van der Waals surface area contributed by atoms with Crippen LogP contribution in [0.25, 0.3) is 11.2 Å². The number of hydrogen-bond acceptors (Lipinski definition) is 7. The van der Waals surface area contributed by atoms with Crippen LogP contribution in [0.3, 0.4) is 0 Å². The Morgan fingerprint density at radius 1 is 1.08 bits per heavy atom. The molecule has 2 aromatic heterocycles. The Kier molecular flexibility index (Phi) is 5.86. The highest BCUT2D eigenvalue weighted by Crippen LogP contribution is 2.43. The zero-order chi connectivity index (χ0) is 24.9. The summed E-state index contributed by atoms with van der Waals surface area (Å²) in [6.45, 7) is 3.66. The van der Waals surface area contributed by atoms with E-state index in [0.717, 1.165) is 19.3 Å². The molecule has 0 radical (unpaired) electrons. The van der Waals surface area contributed by atoms with Gasteiger partial charge in [-0.25, -0.2) is 23.7 Å². The summed E-state index contributed by atoms with van der Waals surface area (Å²) in [4.78, 5) is 13.3. The molecule has 4 heterocycles. The van der Waals surface area contributed by atoms with Gasteiger partial charge in [0.05, 0.1) is 17.9 Å². The van der Waals surface area contributed by atoms with Crippen molar-refractivity contribution in [2.45, 2.75) is 82.1 Å². The standard InChI is InChI=1S/C26H27F2N5O3/c1-26(2)35-21-19(12-11-15-7-3-4-8-16(15)27)34-25(22(21)36-26)33-14-31-20-23(29-13-30-24(20)33)32-18-10-6-5-9-17(18)28/h3-4,7-8,13-14,17-19,21-22,25H,5-6,9-10H2,1-2H3,(H,29,30,32)/t17?,18?,19-,21-,22-,25-/m1/s1. The number of rotatable bonds is 3. The van der Waals surface area contributed by atoms with Crippen molar-refractivity contribution in [3.8, 4) is 11.8 Å². The first kappa shape index (κ1) is 23.3. The lowest BCUT2D eigenvalue weighted by Crippen LogP contribution is -2.34. The summed E-state index contributed by atoms with van der Waals surface area (Å²) in [5.41, 5.74) is 1.33. The molecule has 3 fully saturated rings. The highest BCUT2D eigenvalue weighted by Gasteiger charge is 2.56. The molecule has 3 aromatic rings. The van der Waals surface area contributed by atoms with Crippen molar-refractivity contribution in [1.29, 1.82) is 0 Å². The fourth-order valence-corrected chi connectivity index (χ4v) is 5.20. The van der Waals surface area contributed by atoms with Crippen molar-refractivity contribution in [2.75, 3.05) is 5.32 Å². The van der Waals surface area contributed by atoms with Crippen molar-refractivity contribution in [1.82, 2.24) is 19.5 Å². The van der Waals surface area contributed by atoms with Gasteiger partial charge in [-0.1, -0.05) is 36.8 Å². The number of aromatic nitrogens is 4. The molecule has 2 aliphatic heterocycles. The molecule has 188 valence electrons. The van der Waals surface area contributed by atoms with Gasteiger partial charge in [-0.15, -0.1) is 0 Å². The first-order valence-electron chi connectivity index (χ1n) is 12.2.